The Hall–Kier alpha value is -1.30. The van der Waals surface area contributed by atoms with Crippen molar-refractivity contribution in [1.82, 2.24) is 10.8 Å². The fourth-order valence-corrected chi connectivity index (χ4v) is 0.398. The molecule has 0 rings (SSSR count). The standard InChI is InChI=1S/C5H10N2O4/c1-3(4(8)7-10)6-5(9)11-2/h3,10H,1-2H3,(H,6,9)(H,7,8)/t3-/m0/s1. The van der Waals surface area contributed by atoms with E-state index in [1.54, 1.807) is 0 Å². The summed E-state index contributed by atoms with van der Waals surface area (Å²) in [5.74, 6) is -0.699. The third-order valence-corrected chi connectivity index (χ3v) is 1.02. The molecule has 0 unspecified atom stereocenters. The van der Waals surface area contributed by atoms with Crippen LogP contribution in [0.5, 0.6) is 0 Å². The van der Waals surface area contributed by atoms with Crippen molar-refractivity contribution in [2.75, 3.05) is 7.11 Å². The second kappa shape index (κ2) is 4.51. The van der Waals surface area contributed by atoms with E-state index in [1.165, 1.54) is 19.5 Å². The molecule has 0 fully saturated rings. The van der Waals surface area contributed by atoms with E-state index in [1.807, 2.05) is 0 Å². The van der Waals surface area contributed by atoms with Gasteiger partial charge >= 0.3 is 6.09 Å². The molecule has 2 amide bonds. The van der Waals surface area contributed by atoms with Crippen LogP contribution in [0.25, 0.3) is 0 Å². The summed E-state index contributed by atoms with van der Waals surface area (Å²) in [6.45, 7) is 1.41. The molecule has 0 radical (unpaired) electrons. The van der Waals surface area contributed by atoms with Gasteiger partial charge in [0, 0.05) is 0 Å². The summed E-state index contributed by atoms with van der Waals surface area (Å²) in [6, 6.07) is -0.813. The van der Waals surface area contributed by atoms with E-state index in [9.17, 15) is 9.59 Å². The monoisotopic (exact) mass is 162 g/mol. The van der Waals surface area contributed by atoms with Gasteiger partial charge in [0.1, 0.15) is 6.04 Å². The Kier molecular flexibility index (Phi) is 3.97. The first-order valence-electron chi connectivity index (χ1n) is 2.90. The van der Waals surface area contributed by atoms with E-state index in [-0.39, 0.29) is 0 Å². The highest BCUT2D eigenvalue weighted by atomic mass is 16.5. The molecular formula is C5H10N2O4. The Morgan fingerprint density at radius 3 is 2.45 bits per heavy atom. The van der Waals surface area contributed by atoms with Crippen molar-refractivity contribution in [2.45, 2.75) is 13.0 Å². The normalized spacial score (nSPS) is 11.5. The molecule has 0 aromatic carbocycles. The van der Waals surface area contributed by atoms with E-state index in [4.69, 9.17) is 5.21 Å². The Morgan fingerprint density at radius 2 is 2.09 bits per heavy atom. The number of hydroxylamine groups is 1. The number of alkyl carbamates (subject to hydrolysis) is 1. The largest absolute Gasteiger partial charge is 0.453 e. The van der Waals surface area contributed by atoms with Gasteiger partial charge in [-0.1, -0.05) is 0 Å². The lowest BCUT2D eigenvalue weighted by molar-refractivity contribution is -0.130. The maximum absolute atomic E-state index is 10.5. The summed E-state index contributed by atoms with van der Waals surface area (Å²) in [6.07, 6.45) is -0.721. The molecule has 0 aliphatic carbocycles. The number of hydrogen-bond acceptors (Lipinski definition) is 4. The van der Waals surface area contributed by atoms with Gasteiger partial charge in [0.05, 0.1) is 7.11 Å². The third kappa shape index (κ3) is 3.41. The number of rotatable bonds is 2. The number of amides is 2. The molecule has 11 heavy (non-hydrogen) atoms. The van der Waals surface area contributed by atoms with Crippen molar-refractivity contribution in [3.05, 3.63) is 0 Å². The molecule has 6 nitrogen and oxygen atoms in total. The van der Waals surface area contributed by atoms with Crippen molar-refractivity contribution >= 4 is 12.0 Å². The van der Waals surface area contributed by atoms with E-state index < -0.39 is 18.0 Å². The summed E-state index contributed by atoms with van der Waals surface area (Å²) < 4.78 is 4.20. The third-order valence-electron chi connectivity index (χ3n) is 1.02. The molecule has 0 bridgehead atoms. The van der Waals surface area contributed by atoms with Crippen molar-refractivity contribution in [1.29, 1.82) is 0 Å². The summed E-state index contributed by atoms with van der Waals surface area (Å²) >= 11 is 0. The fraction of sp³-hybridized carbons (Fsp3) is 0.600. The van der Waals surface area contributed by atoms with Crippen LogP contribution in [0.2, 0.25) is 0 Å². The van der Waals surface area contributed by atoms with Crippen molar-refractivity contribution in [3.63, 3.8) is 0 Å². The van der Waals surface area contributed by atoms with Crippen molar-refractivity contribution in [2.24, 2.45) is 0 Å². The number of methoxy groups -OCH3 is 1. The van der Waals surface area contributed by atoms with Gasteiger partial charge in [0.25, 0.3) is 5.91 Å². The molecule has 3 N–H and O–H groups in total. The Morgan fingerprint density at radius 1 is 1.55 bits per heavy atom. The maximum atomic E-state index is 10.5. The molecule has 64 valence electrons. The van der Waals surface area contributed by atoms with E-state index in [0.29, 0.717) is 0 Å². The number of nitrogens with one attached hydrogen (secondary N) is 2. The summed E-state index contributed by atoms with van der Waals surface area (Å²) in [4.78, 5) is 21.0. The van der Waals surface area contributed by atoms with E-state index in [0.717, 1.165) is 0 Å². The first-order chi connectivity index (χ1) is 5.11. The molecule has 0 saturated heterocycles. The molecule has 0 aromatic rings. The first-order valence-corrected chi connectivity index (χ1v) is 2.90. The number of ether oxygens (including phenoxy) is 1. The average Bonchev–Trinajstić information content (AvgIpc) is 2.02. The molecule has 1 atom stereocenters. The maximum Gasteiger partial charge on any atom is 0.407 e. The topological polar surface area (TPSA) is 87.7 Å². The summed E-state index contributed by atoms with van der Waals surface area (Å²) in [5, 5.41) is 10.2. The lowest BCUT2D eigenvalue weighted by Gasteiger charge is -2.09. The second-order valence-corrected chi connectivity index (χ2v) is 1.83. The minimum Gasteiger partial charge on any atom is -0.453 e. The quantitative estimate of drug-likeness (QED) is 0.367. The highest BCUT2D eigenvalue weighted by molar-refractivity contribution is 5.84. The zero-order chi connectivity index (χ0) is 8.85. The first kappa shape index (κ1) is 9.70. The van der Waals surface area contributed by atoms with E-state index in [2.05, 4.69) is 10.1 Å². The van der Waals surface area contributed by atoms with Gasteiger partial charge in [-0.15, -0.1) is 0 Å². The van der Waals surface area contributed by atoms with Crippen LogP contribution >= 0.6 is 0 Å². The van der Waals surface area contributed by atoms with Gasteiger partial charge < -0.3 is 10.1 Å². The molecule has 0 aliphatic heterocycles. The van der Waals surface area contributed by atoms with Crippen LogP contribution in [0.1, 0.15) is 6.92 Å². The Balaban J connectivity index is 3.77. The zero-order valence-electron chi connectivity index (χ0n) is 6.25. The molecule has 0 aliphatic rings. The molecule has 0 spiro atoms. The van der Waals surface area contributed by atoms with Gasteiger partial charge in [-0.3, -0.25) is 10.0 Å². The summed E-state index contributed by atoms with van der Waals surface area (Å²) in [7, 11) is 1.18. The second-order valence-electron chi connectivity index (χ2n) is 1.83. The minimum absolute atomic E-state index is 0.699. The highest BCUT2D eigenvalue weighted by Crippen LogP contribution is 1.81. The van der Waals surface area contributed by atoms with Crippen LogP contribution in [-0.2, 0) is 9.53 Å². The lowest BCUT2D eigenvalue weighted by atomic mass is 10.3. The van der Waals surface area contributed by atoms with E-state index >= 15 is 0 Å². The smallest absolute Gasteiger partial charge is 0.407 e. The van der Waals surface area contributed by atoms with Crippen molar-refractivity contribution in [3.8, 4) is 0 Å². The fourth-order valence-electron chi connectivity index (χ4n) is 0.398. The van der Waals surface area contributed by atoms with Gasteiger partial charge in [-0.05, 0) is 6.92 Å². The molecular weight excluding hydrogens is 152 g/mol. The molecule has 0 saturated carbocycles. The zero-order valence-corrected chi connectivity index (χ0v) is 6.25. The number of carbonyl (C=O) groups is 2. The minimum atomic E-state index is -0.813. The Bertz CT molecular complexity index is 159. The van der Waals surface area contributed by atoms with Crippen LogP contribution in [0.15, 0.2) is 0 Å². The van der Waals surface area contributed by atoms with Gasteiger partial charge in [0.2, 0.25) is 0 Å². The predicted molar refractivity (Wildman–Crippen MR) is 34.9 cm³/mol. The van der Waals surface area contributed by atoms with Gasteiger partial charge in [-0.25, -0.2) is 10.3 Å². The van der Waals surface area contributed by atoms with Gasteiger partial charge in [0.15, 0.2) is 0 Å². The SMILES string of the molecule is COC(=O)N[C@@H](C)C(=O)NO. The van der Waals surface area contributed by atoms with Crippen molar-refractivity contribution < 1.29 is 19.5 Å². The van der Waals surface area contributed by atoms with Crippen LogP contribution in [0.4, 0.5) is 4.79 Å². The number of hydrogen-bond donors (Lipinski definition) is 3. The lowest BCUT2D eigenvalue weighted by Crippen LogP contribution is -2.43. The number of carbonyl (C=O) groups excluding carboxylic acids is 2. The average molecular weight is 162 g/mol. The van der Waals surface area contributed by atoms with Gasteiger partial charge in [-0.2, -0.15) is 0 Å². The van der Waals surface area contributed by atoms with Crippen LogP contribution < -0.4 is 10.8 Å². The predicted octanol–water partition coefficient (Wildman–Crippen LogP) is -0.764. The van der Waals surface area contributed by atoms with Crippen LogP contribution in [-0.4, -0.2) is 30.4 Å². The molecule has 0 heterocycles. The Labute approximate surface area is 63.5 Å². The van der Waals surface area contributed by atoms with Crippen LogP contribution in [0, 0.1) is 0 Å². The molecule has 0 aromatic heterocycles. The van der Waals surface area contributed by atoms with Crippen LogP contribution in [0.3, 0.4) is 0 Å². The molecule has 6 heteroatoms. The summed E-state index contributed by atoms with van der Waals surface area (Å²) in [5.41, 5.74) is 1.38. The highest BCUT2D eigenvalue weighted by Gasteiger charge is 2.13.